The lowest BCUT2D eigenvalue weighted by atomic mass is 10.0. The van der Waals surface area contributed by atoms with Gasteiger partial charge in [0.15, 0.2) is 6.61 Å². The molecule has 0 bridgehead atoms. The molecule has 1 aliphatic rings. The van der Waals surface area contributed by atoms with Gasteiger partial charge in [0.05, 0.1) is 6.61 Å². The summed E-state index contributed by atoms with van der Waals surface area (Å²) >= 11 is 0. The second-order valence-electron chi connectivity index (χ2n) is 8.33. The molecule has 1 heterocycles. The van der Waals surface area contributed by atoms with Crippen molar-refractivity contribution in [1.29, 1.82) is 0 Å². The SMILES string of the molecule is CCOC(=O)COc1ccc2c(c1)CCN(Cc1ccc(-c3ccc(CF)cc3)cc1)CC2. The third-order valence-corrected chi connectivity index (χ3v) is 6.04. The van der Waals surface area contributed by atoms with Crippen LogP contribution in [0.15, 0.2) is 66.7 Å². The molecule has 0 radical (unpaired) electrons. The molecular weight excluding hydrogens is 417 g/mol. The maximum atomic E-state index is 12.7. The highest BCUT2D eigenvalue weighted by Crippen LogP contribution is 2.24. The van der Waals surface area contributed by atoms with Crippen LogP contribution in [0, 0.1) is 0 Å². The molecule has 0 saturated heterocycles. The minimum atomic E-state index is -0.430. The number of carbonyl (C=O) groups is 1. The molecule has 0 aliphatic carbocycles. The summed E-state index contributed by atoms with van der Waals surface area (Å²) < 4.78 is 23.3. The van der Waals surface area contributed by atoms with Crippen LogP contribution in [-0.2, 0) is 35.6 Å². The summed E-state index contributed by atoms with van der Waals surface area (Å²) in [5, 5.41) is 0. The van der Waals surface area contributed by atoms with Crippen molar-refractivity contribution in [2.45, 2.75) is 33.0 Å². The Kier molecular flexibility index (Phi) is 7.74. The van der Waals surface area contributed by atoms with Gasteiger partial charge in [-0.15, -0.1) is 0 Å². The number of hydrogen-bond acceptors (Lipinski definition) is 4. The van der Waals surface area contributed by atoms with Gasteiger partial charge in [-0.05, 0) is 65.3 Å². The van der Waals surface area contributed by atoms with Gasteiger partial charge in [-0.25, -0.2) is 9.18 Å². The highest BCUT2D eigenvalue weighted by atomic mass is 19.1. The van der Waals surface area contributed by atoms with E-state index in [1.165, 1.54) is 16.7 Å². The van der Waals surface area contributed by atoms with Gasteiger partial charge in [0, 0.05) is 19.6 Å². The van der Waals surface area contributed by atoms with E-state index in [0.29, 0.717) is 17.9 Å². The van der Waals surface area contributed by atoms with E-state index in [1.807, 2.05) is 30.3 Å². The van der Waals surface area contributed by atoms with Crippen LogP contribution in [-0.4, -0.2) is 37.2 Å². The average molecular weight is 448 g/mol. The largest absolute Gasteiger partial charge is 0.482 e. The fourth-order valence-electron chi connectivity index (χ4n) is 4.19. The standard InChI is InChI=1S/C28H30FNO3/c1-2-32-28(31)20-33-27-12-11-25-13-15-30(16-14-26(25)17-27)19-22-5-9-24(10-6-22)23-7-3-21(18-29)4-8-23/h3-12,17H,2,13-16,18-20H2,1H3. The van der Waals surface area contributed by atoms with E-state index in [9.17, 15) is 9.18 Å². The highest BCUT2D eigenvalue weighted by molar-refractivity contribution is 5.71. The molecule has 0 fully saturated rings. The van der Waals surface area contributed by atoms with E-state index in [-0.39, 0.29) is 12.6 Å². The van der Waals surface area contributed by atoms with E-state index in [2.05, 4.69) is 41.3 Å². The van der Waals surface area contributed by atoms with Crippen molar-refractivity contribution < 1.29 is 18.7 Å². The molecule has 1 aliphatic heterocycles. The van der Waals surface area contributed by atoms with E-state index in [1.54, 1.807) is 6.92 Å². The van der Waals surface area contributed by atoms with E-state index in [0.717, 1.165) is 43.6 Å². The number of ether oxygens (including phenoxy) is 2. The Bertz CT molecular complexity index is 1060. The lowest BCUT2D eigenvalue weighted by molar-refractivity contribution is -0.145. The number of esters is 1. The van der Waals surface area contributed by atoms with Gasteiger partial charge in [0.1, 0.15) is 12.4 Å². The number of benzene rings is 3. The Morgan fingerprint density at radius 1 is 0.879 bits per heavy atom. The van der Waals surface area contributed by atoms with Gasteiger partial charge >= 0.3 is 5.97 Å². The number of fused-ring (bicyclic) bond motifs is 1. The van der Waals surface area contributed by atoms with Crippen LogP contribution >= 0.6 is 0 Å². The lowest BCUT2D eigenvalue weighted by Crippen LogP contribution is -2.25. The van der Waals surface area contributed by atoms with Crippen molar-refractivity contribution in [2.75, 3.05) is 26.3 Å². The summed E-state index contributed by atoms with van der Waals surface area (Å²) in [5.41, 5.74) is 6.85. The maximum absolute atomic E-state index is 12.7. The van der Waals surface area contributed by atoms with Crippen molar-refractivity contribution >= 4 is 5.97 Å². The second-order valence-corrected chi connectivity index (χ2v) is 8.33. The van der Waals surface area contributed by atoms with Crippen LogP contribution in [0.5, 0.6) is 5.75 Å². The third-order valence-electron chi connectivity index (χ3n) is 6.04. The van der Waals surface area contributed by atoms with Crippen LogP contribution in [0.3, 0.4) is 0 Å². The molecule has 0 aromatic heterocycles. The molecule has 3 aromatic carbocycles. The van der Waals surface area contributed by atoms with E-state index < -0.39 is 6.67 Å². The quantitative estimate of drug-likeness (QED) is 0.436. The molecule has 0 spiro atoms. The first kappa shape index (κ1) is 23.0. The Balaban J connectivity index is 1.33. The monoisotopic (exact) mass is 447 g/mol. The first-order chi connectivity index (χ1) is 16.1. The van der Waals surface area contributed by atoms with Crippen LogP contribution in [0.25, 0.3) is 11.1 Å². The van der Waals surface area contributed by atoms with Gasteiger partial charge in [-0.1, -0.05) is 54.6 Å². The molecular formula is C28H30FNO3. The van der Waals surface area contributed by atoms with Crippen LogP contribution < -0.4 is 4.74 Å². The van der Waals surface area contributed by atoms with Crippen LogP contribution in [0.1, 0.15) is 29.2 Å². The average Bonchev–Trinajstić information content (AvgIpc) is 3.05. The van der Waals surface area contributed by atoms with Gasteiger partial charge in [0.2, 0.25) is 0 Å². The molecule has 4 nitrogen and oxygen atoms in total. The number of rotatable bonds is 8. The minimum Gasteiger partial charge on any atom is -0.482 e. The van der Waals surface area contributed by atoms with Crippen molar-refractivity contribution in [3.05, 3.63) is 89.0 Å². The molecule has 0 unspecified atom stereocenters. The zero-order chi connectivity index (χ0) is 23.0. The zero-order valence-electron chi connectivity index (χ0n) is 19.1. The second kappa shape index (κ2) is 11.1. The zero-order valence-corrected chi connectivity index (χ0v) is 19.1. The summed E-state index contributed by atoms with van der Waals surface area (Å²) in [4.78, 5) is 14.0. The molecule has 172 valence electrons. The number of carbonyl (C=O) groups excluding carboxylic acids is 1. The fraction of sp³-hybridized carbons (Fsp3) is 0.321. The Hall–Kier alpha value is -3.18. The van der Waals surface area contributed by atoms with Crippen LogP contribution in [0.2, 0.25) is 0 Å². The lowest BCUT2D eigenvalue weighted by Gasteiger charge is -2.20. The normalized spacial score (nSPS) is 13.8. The molecule has 0 amide bonds. The smallest absolute Gasteiger partial charge is 0.344 e. The molecule has 5 heteroatoms. The number of nitrogens with zero attached hydrogens (tertiary/aromatic N) is 1. The van der Waals surface area contributed by atoms with E-state index in [4.69, 9.17) is 9.47 Å². The predicted octanol–water partition coefficient (Wildman–Crippen LogP) is 5.37. The van der Waals surface area contributed by atoms with Crippen molar-refractivity contribution in [2.24, 2.45) is 0 Å². The van der Waals surface area contributed by atoms with Crippen molar-refractivity contribution in [3.8, 4) is 16.9 Å². The number of halogens is 1. The first-order valence-electron chi connectivity index (χ1n) is 11.5. The third kappa shape index (κ3) is 6.20. The highest BCUT2D eigenvalue weighted by Gasteiger charge is 2.15. The summed E-state index contributed by atoms with van der Waals surface area (Å²) in [6, 6.07) is 22.4. The maximum Gasteiger partial charge on any atom is 0.344 e. The molecule has 4 rings (SSSR count). The van der Waals surface area contributed by atoms with Crippen LogP contribution in [0.4, 0.5) is 4.39 Å². The Morgan fingerprint density at radius 3 is 2.15 bits per heavy atom. The molecule has 0 N–H and O–H groups in total. The molecule has 33 heavy (non-hydrogen) atoms. The molecule has 0 atom stereocenters. The number of hydrogen-bond donors (Lipinski definition) is 0. The predicted molar refractivity (Wildman–Crippen MR) is 128 cm³/mol. The first-order valence-corrected chi connectivity index (χ1v) is 11.5. The van der Waals surface area contributed by atoms with Gasteiger partial charge in [-0.2, -0.15) is 0 Å². The summed E-state index contributed by atoms with van der Waals surface area (Å²) in [6.45, 7) is 4.53. The Labute approximate surface area is 195 Å². The molecule has 3 aromatic rings. The summed E-state index contributed by atoms with van der Waals surface area (Å²) in [5.74, 6) is 0.367. The summed E-state index contributed by atoms with van der Waals surface area (Å²) in [6.07, 6.45) is 1.94. The Morgan fingerprint density at radius 2 is 1.52 bits per heavy atom. The molecule has 0 saturated carbocycles. The van der Waals surface area contributed by atoms with Crippen molar-refractivity contribution in [3.63, 3.8) is 0 Å². The van der Waals surface area contributed by atoms with Gasteiger partial charge < -0.3 is 9.47 Å². The number of alkyl halides is 1. The van der Waals surface area contributed by atoms with Crippen molar-refractivity contribution in [1.82, 2.24) is 4.90 Å². The van der Waals surface area contributed by atoms with Gasteiger partial charge in [0.25, 0.3) is 0 Å². The minimum absolute atomic E-state index is 0.0608. The topological polar surface area (TPSA) is 38.8 Å². The fourth-order valence-corrected chi connectivity index (χ4v) is 4.19. The van der Waals surface area contributed by atoms with Gasteiger partial charge in [-0.3, -0.25) is 4.90 Å². The summed E-state index contributed by atoms with van der Waals surface area (Å²) in [7, 11) is 0. The van der Waals surface area contributed by atoms with E-state index >= 15 is 0 Å².